The molecular weight excluding hydrogens is 242 g/mol. The lowest BCUT2D eigenvalue weighted by atomic mass is 10.1. The Labute approximate surface area is 103 Å². The highest BCUT2D eigenvalue weighted by Gasteiger charge is 2.13. The number of esters is 1. The van der Waals surface area contributed by atoms with Gasteiger partial charge < -0.3 is 15.6 Å². The molecule has 0 atom stereocenters. The van der Waals surface area contributed by atoms with Gasteiger partial charge in [0.15, 0.2) is 5.11 Å². The number of thiocarbonyl (C=S) groups is 1. The van der Waals surface area contributed by atoms with E-state index in [1.165, 1.54) is 19.4 Å². The highest BCUT2D eigenvalue weighted by Crippen LogP contribution is 2.21. The Morgan fingerprint density at radius 2 is 2.35 bits per heavy atom. The van der Waals surface area contributed by atoms with Gasteiger partial charge in [0.2, 0.25) is 0 Å². The van der Waals surface area contributed by atoms with Crippen LogP contribution in [-0.2, 0) is 4.74 Å². The second kappa shape index (κ2) is 5.80. The van der Waals surface area contributed by atoms with Crippen molar-refractivity contribution in [2.75, 3.05) is 7.11 Å². The van der Waals surface area contributed by atoms with Gasteiger partial charge in [0.1, 0.15) is 11.3 Å². The minimum absolute atomic E-state index is 0.00450. The summed E-state index contributed by atoms with van der Waals surface area (Å²) >= 11 is 4.55. The highest BCUT2D eigenvalue weighted by atomic mass is 32.1. The minimum Gasteiger partial charge on any atom is -0.506 e. The van der Waals surface area contributed by atoms with Crippen molar-refractivity contribution in [2.24, 2.45) is 10.8 Å². The predicted octanol–water partition coefficient (Wildman–Crippen LogP) is 0.346. The van der Waals surface area contributed by atoms with Crippen LogP contribution in [0.4, 0.5) is 0 Å². The molecule has 17 heavy (non-hydrogen) atoms. The molecule has 0 radical (unpaired) electrons. The summed E-state index contributed by atoms with van der Waals surface area (Å²) in [6.07, 6.45) is 1.29. The van der Waals surface area contributed by atoms with Crippen molar-refractivity contribution in [1.29, 1.82) is 0 Å². The standard InChI is InChI=1S/C10H11N3O3S/c1-16-9(15)7-4-2-3-6(8(7)14)5-12-13-10(11)17/h2-5,14H,1H3,(H3,11,13,17)/b12-5+. The fraction of sp³-hybridized carbons (Fsp3) is 0.100. The number of hydrogen-bond donors (Lipinski definition) is 3. The summed E-state index contributed by atoms with van der Waals surface area (Å²) in [5.41, 5.74) is 7.91. The zero-order chi connectivity index (χ0) is 12.8. The molecule has 0 saturated carbocycles. The van der Waals surface area contributed by atoms with Crippen LogP contribution in [0, 0.1) is 0 Å². The number of rotatable bonds is 3. The zero-order valence-corrected chi connectivity index (χ0v) is 9.82. The maximum absolute atomic E-state index is 11.3. The van der Waals surface area contributed by atoms with Crippen molar-refractivity contribution in [1.82, 2.24) is 5.43 Å². The van der Waals surface area contributed by atoms with Gasteiger partial charge in [-0.15, -0.1) is 0 Å². The number of benzene rings is 1. The van der Waals surface area contributed by atoms with Gasteiger partial charge >= 0.3 is 5.97 Å². The number of carbonyl (C=O) groups is 1. The first-order valence-corrected chi connectivity index (χ1v) is 4.96. The summed E-state index contributed by atoms with van der Waals surface area (Å²) in [6.45, 7) is 0. The number of methoxy groups -OCH3 is 1. The quantitative estimate of drug-likeness (QED) is 0.311. The summed E-state index contributed by atoms with van der Waals surface area (Å²) in [6, 6.07) is 4.61. The monoisotopic (exact) mass is 253 g/mol. The first kappa shape index (κ1) is 12.9. The van der Waals surface area contributed by atoms with Crippen LogP contribution in [0.2, 0.25) is 0 Å². The lowest BCUT2D eigenvalue weighted by Crippen LogP contribution is -2.24. The molecule has 0 fully saturated rings. The van der Waals surface area contributed by atoms with E-state index in [2.05, 4.69) is 27.5 Å². The molecule has 0 spiro atoms. The molecule has 0 unspecified atom stereocenters. The molecule has 0 saturated heterocycles. The zero-order valence-electron chi connectivity index (χ0n) is 9.01. The number of nitrogens with zero attached hydrogens (tertiary/aromatic N) is 1. The molecule has 0 aliphatic rings. The number of carbonyl (C=O) groups excluding carboxylic acids is 1. The number of nitrogens with one attached hydrogen (secondary N) is 1. The number of phenols is 1. The Morgan fingerprint density at radius 1 is 1.65 bits per heavy atom. The molecule has 1 aromatic rings. The third kappa shape index (κ3) is 3.42. The normalized spacial score (nSPS) is 10.2. The number of phenolic OH excluding ortho intramolecular Hbond substituents is 1. The van der Waals surface area contributed by atoms with E-state index in [0.29, 0.717) is 5.56 Å². The molecule has 0 aromatic heterocycles. The van der Waals surface area contributed by atoms with E-state index < -0.39 is 5.97 Å². The Kier molecular flexibility index (Phi) is 4.41. The van der Waals surface area contributed by atoms with Gasteiger partial charge in [-0.2, -0.15) is 5.10 Å². The lowest BCUT2D eigenvalue weighted by Gasteiger charge is -2.04. The number of nitrogens with two attached hydrogens (primary N) is 1. The molecule has 0 aliphatic heterocycles. The van der Waals surface area contributed by atoms with E-state index in [1.807, 2.05) is 0 Å². The van der Waals surface area contributed by atoms with Crippen molar-refractivity contribution in [3.8, 4) is 5.75 Å². The van der Waals surface area contributed by atoms with Crippen molar-refractivity contribution in [2.45, 2.75) is 0 Å². The molecule has 0 bridgehead atoms. The van der Waals surface area contributed by atoms with E-state index in [0.717, 1.165) is 0 Å². The summed E-state index contributed by atoms with van der Waals surface area (Å²) in [7, 11) is 1.23. The maximum atomic E-state index is 11.3. The fourth-order valence-electron chi connectivity index (χ4n) is 1.11. The number of hydrogen-bond acceptors (Lipinski definition) is 5. The van der Waals surface area contributed by atoms with Crippen molar-refractivity contribution >= 4 is 29.5 Å². The van der Waals surface area contributed by atoms with Gasteiger partial charge in [0, 0.05) is 5.56 Å². The third-order valence-corrected chi connectivity index (χ3v) is 1.94. The van der Waals surface area contributed by atoms with Crippen molar-refractivity contribution in [3.05, 3.63) is 29.3 Å². The van der Waals surface area contributed by atoms with Gasteiger partial charge in [-0.05, 0) is 24.4 Å². The Hall–Kier alpha value is -2.15. The van der Waals surface area contributed by atoms with E-state index in [4.69, 9.17) is 5.73 Å². The van der Waals surface area contributed by atoms with Crippen LogP contribution in [0.25, 0.3) is 0 Å². The first-order chi connectivity index (χ1) is 8.06. The predicted molar refractivity (Wildman–Crippen MR) is 67.0 cm³/mol. The maximum Gasteiger partial charge on any atom is 0.341 e. The Morgan fingerprint density at radius 3 is 2.94 bits per heavy atom. The number of ether oxygens (including phenoxy) is 1. The highest BCUT2D eigenvalue weighted by molar-refractivity contribution is 7.80. The lowest BCUT2D eigenvalue weighted by molar-refractivity contribution is 0.0597. The minimum atomic E-state index is -0.625. The Bertz CT molecular complexity index is 474. The van der Waals surface area contributed by atoms with E-state index in [1.54, 1.807) is 12.1 Å². The molecule has 4 N–H and O–H groups in total. The SMILES string of the molecule is COC(=O)c1cccc(/C=N/NC(N)=S)c1O. The summed E-state index contributed by atoms with van der Waals surface area (Å²) < 4.78 is 4.51. The topological polar surface area (TPSA) is 96.9 Å². The Balaban J connectivity index is 2.98. The van der Waals surface area contributed by atoms with E-state index in [9.17, 15) is 9.90 Å². The first-order valence-electron chi connectivity index (χ1n) is 4.55. The number of para-hydroxylation sites is 1. The van der Waals surface area contributed by atoms with Crippen LogP contribution in [0.3, 0.4) is 0 Å². The number of hydrazone groups is 1. The van der Waals surface area contributed by atoms with Crippen LogP contribution in [0.5, 0.6) is 5.75 Å². The van der Waals surface area contributed by atoms with Gasteiger partial charge in [0.05, 0.1) is 13.3 Å². The second-order valence-electron chi connectivity index (χ2n) is 2.97. The van der Waals surface area contributed by atoms with Crippen molar-refractivity contribution < 1.29 is 14.6 Å². The second-order valence-corrected chi connectivity index (χ2v) is 3.41. The molecule has 0 heterocycles. The van der Waals surface area contributed by atoms with Crippen LogP contribution in [-0.4, -0.2) is 29.5 Å². The third-order valence-electron chi connectivity index (χ3n) is 1.85. The average Bonchev–Trinajstić information content (AvgIpc) is 2.30. The fourth-order valence-corrected chi connectivity index (χ4v) is 1.16. The molecule has 7 heteroatoms. The van der Waals surface area contributed by atoms with Gasteiger partial charge in [-0.25, -0.2) is 4.79 Å². The van der Waals surface area contributed by atoms with Crippen LogP contribution >= 0.6 is 12.2 Å². The van der Waals surface area contributed by atoms with Crippen LogP contribution < -0.4 is 11.2 Å². The van der Waals surface area contributed by atoms with Crippen LogP contribution in [0.1, 0.15) is 15.9 Å². The molecular formula is C10H11N3O3S. The van der Waals surface area contributed by atoms with Gasteiger partial charge in [-0.3, -0.25) is 5.43 Å². The van der Waals surface area contributed by atoms with Gasteiger partial charge in [0.25, 0.3) is 0 Å². The molecule has 1 rings (SSSR count). The van der Waals surface area contributed by atoms with E-state index in [-0.39, 0.29) is 16.4 Å². The molecule has 1 aromatic carbocycles. The van der Waals surface area contributed by atoms with Crippen molar-refractivity contribution in [3.63, 3.8) is 0 Å². The summed E-state index contributed by atoms with van der Waals surface area (Å²) in [4.78, 5) is 11.3. The largest absolute Gasteiger partial charge is 0.506 e. The number of aromatic hydroxyl groups is 1. The average molecular weight is 253 g/mol. The molecule has 0 aliphatic carbocycles. The summed E-state index contributed by atoms with van der Waals surface area (Å²) in [5, 5.41) is 13.5. The van der Waals surface area contributed by atoms with E-state index >= 15 is 0 Å². The molecule has 6 nitrogen and oxygen atoms in total. The molecule has 90 valence electrons. The van der Waals surface area contributed by atoms with Gasteiger partial charge in [-0.1, -0.05) is 6.07 Å². The van der Waals surface area contributed by atoms with Crippen LogP contribution in [0.15, 0.2) is 23.3 Å². The molecule has 0 amide bonds. The smallest absolute Gasteiger partial charge is 0.341 e. The summed E-state index contributed by atoms with van der Waals surface area (Å²) in [5.74, 6) is -0.840.